The van der Waals surface area contributed by atoms with Gasteiger partial charge in [-0.25, -0.2) is 13.2 Å². The van der Waals surface area contributed by atoms with Crippen molar-refractivity contribution < 1.29 is 13.2 Å². The van der Waals surface area contributed by atoms with Crippen LogP contribution in [0.4, 0.5) is 13.2 Å². The van der Waals surface area contributed by atoms with E-state index in [2.05, 4.69) is 6.92 Å². The number of hydrogen-bond acceptors (Lipinski definition) is 0. The van der Waals surface area contributed by atoms with Crippen LogP contribution in [0.15, 0.2) is 6.07 Å². The van der Waals surface area contributed by atoms with Crippen molar-refractivity contribution in [2.24, 2.45) is 29.6 Å². The van der Waals surface area contributed by atoms with E-state index in [0.29, 0.717) is 23.8 Å². The number of fused-ring (bicyclic) bond motifs is 2. The summed E-state index contributed by atoms with van der Waals surface area (Å²) in [5, 5.41) is 0. The summed E-state index contributed by atoms with van der Waals surface area (Å²) < 4.78 is 41.4. The molecule has 3 aliphatic rings. The average Bonchev–Trinajstić information content (AvgIpc) is 2.76. The molecule has 3 aliphatic carbocycles. The van der Waals surface area contributed by atoms with Crippen LogP contribution >= 0.6 is 0 Å². The summed E-state index contributed by atoms with van der Waals surface area (Å²) in [5.74, 6) is 0.657. The van der Waals surface area contributed by atoms with Gasteiger partial charge in [0.2, 0.25) is 0 Å². The van der Waals surface area contributed by atoms with Crippen molar-refractivity contribution in [3.63, 3.8) is 0 Å². The molecular formula is C27H39F3. The predicted octanol–water partition coefficient (Wildman–Crippen LogP) is 8.40. The Hall–Kier alpha value is -0.990. The van der Waals surface area contributed by atoms with E-state index in [4.69, 9.17) is 0 Å². The summed E-state index contributed by atoms with van der Waals surface area (Å²) in [6, 6.07) is 1.26. The molecule has 0 N–H and O–H groups in total. The van der Waals surface area contributed by atoms with E-state index in [0.717, 1.165) is 36.2 Å². The number of rotatable bonds is 7. The smallest absolute Gasteiger partial charge is 0.194 e. The molecule has 2 saturated carbocycles. The fourth-order valence-corrected chi connectivity index (χ4v) is 7.00. The van der Waals surface area contributed by atoms with Gasteiger partial charge in [0.15, 0.2) is 17.5 Å². The fraction of sp³-hybridized carbons (Fsp3) is 0.778. The SMILES string of the molecule is CCCCCCCC1CCC2CC(C3CCc4c(cc(F)c(F)c4F)C3)CCC2C1. The summed E-state index contributed by atoms with van der Waals surface area (Å²) in [5.41, 5.74) is 1.15. The summed E-state index contributed by atoms with van der Waals surface area (Å²) >= 11 is 0. The maximum Gasteiger partial charge on any atom is 0.194 e. The Balaban J connectivity index is 1.28. The van der Waals surface area contributed by atoms with E-state index in [1.165, 1.54) is 83.1 Å². The summed E-state index contributed by atoms with van der Waals surface area (Å²) in [6.07, 6.45) is 18.8. The van der Waals surface area contributed by atoms with Crippen LogP contribution in [0.1, 0.15) is 102 Å². The zero-order valence-electron chi connectivity index (χ0n) is 18.7. The largest absolute Gasteiger partial charge is 0.204 e. The van der Waals surface area contributed by atoms with Crippen molar-refractivity contribution in [1.29, 1.82) is 0 Å². The topological polar surface area (TPSA) is 0 Å². The highest BCUT2D eigenvalue weighted by atomic mass is 19.2. The average molecular weight is 421 g/mol. The standard InChI is InChI=1S/C27H39F3/c1-2-3-4-5-6-7-18-8-9-20-15-21(11-10-19(20)14-18)22-12-13-24-23(16-22)17-25(28)27(30)26(24)29/h17-22H,2-16H2,1H3. The lowest BCUT2D eigenvalue weighted by molar-refractivity contribution is 0.0688. The highest BCUT2D eigenvalue weighted by Crippen LogP contribution is 2.49. The molecule has 0 spiro atoms. The molecule has 0 radical (unpaired) electrons. The van der Waals surface area contributed by atoms with Gasteiger partial charge in [0.1, 0.15) is 0 Å². The van der Waals surface area contributed by atoms with Gasteiger partial charge in [-0.1, -0.05) is 51.9 Å². The first-order chi connectivity index (χ1) is 14.6. The molecule has 0 aromatic heterocycles. The fourth-order valence-electron chi connectivity index (χ4n) is 7.00. The molecule has 168 valence electrons. The third-order valence-corrected chi connectivity index (χ3v) is 8.75. The van der Waals surface area contributed by atoms with Gasteiger partial charge in [0.25, 0.3) is 0 Å². The van der Waals surface area contributed by atoms with Crippen molar-refractivity contribution in [1.82, 2.24) is 0 Å². The lowest BCUT2D eigenvalue weighted by Gasteiger charge is -2.45. The van der Waals surface area contributed by atoms with Crippen LogP contribution in [0.3, 0.4) is 0 Å². The van der Waals surface area contributed by atoms with Gasteiger partial charge in [0.05, 0.1) is 0 Å². The maximum absolute atomic E-state index is 14.1. The van der Waals surface area contributed by atoms with E-state index in [1.54, 1.807) is 0 Å². The van der Waals surface area contributed by atoms with Crippen molar-refractivity contribution in [3.05, 3.63) is 34.6 Å². The van der Waals surface area contributed by atoms with Crippen LogP contribution < -0.4 is 0 Å². The zero-order valence-corrected chi connectivity index (χ0v) is 18.7. The van der Waals surface area contributed by atoms with E-state index < -0.39 is 17.5 Å². The van der Waals surface area contributed by atoms with Gasteiger partial charge >= 0.3 is 0 Å². The number of halogens is 3. The van der Waals surface area contributed by atoms with Crippen LogP contribution in [0.25, 0.3) is 0 Å². The molecule has 0 nitrogen and oxygen atoms in total. The molecule has 1 aromatic rings. The molecule has 5 atom stereocenters. The van der Waals surface area contributed by atoms with E-state index in [9.17, 15) is 13.2 Å². The van der Waals surface area contributed by atoms with Crippen LogP contribution in [-0.2, 0) is 12.8 Å². The van der Waals surface area contributed by atoms with Crippen molar-refractivity contribution in [2.45, 2.75) is 103 Å². The first-order valence-electron chi connectivity index (χ1n) is 12.7. The molecule has 30 heavy (non-hydrogen) atoms. The molecule has 0 bridgehead atoms. The third kappa shape index (κ3) is 4.91. The van der Waals surface area contributed by atoms with Crippen molar-refractivity contribution in [3.8, 4) is 0 Å². The molecular weight excluding hydrogens is 381 g/mol. The highest BCUT2D eigenvalue weighted by Gasteiger charge is 2.39. The normalized spacial score (nSPS) is 31.3. The lowest BCUT2D eigenvalue weighted by atomic mass is 9.61. The minimum absolute atomic E-state index is 0.429. The second-order valence-electron chi connectivity index (χ2n) is 10.6. The van der Waals surface area contributed by atoms with E-state index in [-0.39, 0.29) is 0 Å². The van der Waals surface area contributed by atoms with Gasteiger partial charge in [-0.15, -0.1) is 0 Å². The molecule has 2 fully saturated rings. The minimum atomic E-state index is -1.30. The van der Waals surface area contributed by atoms with Crippen LogP contribution in [-0.4, -0.2) is 0 Å². The molecule has 0 heterocycles. The Labute approximate surface area is 181 Å². The minimum Gasteiger partial charge on any atom is -0.204 e. The number of unbranched alkanes of at least 4 members (excludes halogenated alkanes) is 4. The first kappa shape index (κ1) is 22.2. The molecule has 3 heteroatoms. The second kappa shape index (κ2) is 10.1. The second-order valence-corrected chi connectivity index (χ2v) is 10.6. The highest BCUT2D eigenvalue weighted by molar-refractivity contribution is 5.33. The van der Waals surface area contributed by atoms with Crippen molar-refractivity contribution >= 4 is 0 Å². The Morgan fingerprint density at radius 2 is 1.47 bits per heavy atom. The summed E-state index contributed by atoms with van der Waals surface area (Å²) in [7, 11) is 0. The van der Waals surface area contributed by atoms with Crippen LogP contribution in [0.5, 0.6) is 0 Å². The molecule has 0 saturated heterocycles. The lowest BCUT2D eigenvalue weighted by Crippen LogP contribution is -2.35. The number of hydrogen-bond donors (Lipinski definition) is 0. The third-order valence-electron chi connectivity index (χ3n) is 8.75. The van der Waals surface area contributed by atoms with Gasteiger partial charge in [-0.3, -0.25) is 0 Å². The van der Waals surface area contributed by atoms with Gasteiger partial charge in [-0.05, 0) is 98.1 Å². The molecule has 1 aromatic carbocycles. The van der Waals surface area contributed by atoms with Crippen LogP contribution in [0, 0.1) is 47.0 Å². The molecule has 5 unspecified atom stereocenters. The van der Waals surface area contributed by atoms with Crippen LogP contribution in [0.2, 0.25) is 0 Å². The Kier molecular flexibility index (Phi) is 7.47. The quantitative estimate of drug-likeness (QED) is 0.307. The maximum atomic E-state index is 14.1. The van der Waals surface area contributed by atoms with E-state index in [1.807, 2.05) is 0 Å². The van der Waals surface area contributed by atoms with Crippen molar-refractivity contribution in [2.75, 3.05) is 0 Å². The first-order valence-corrected chi connectivity index (χ1v) is 12.7. The Morgan fingerprint density at radius 3 is 2.27 bits per heavy atom. The van der Waals surface area contributed by atoms with Gasteiger partial charge in [0, 0.05) is 0 Å². The molecule has 0 aliphatic heterocycles. The Bertz CT molecular complexity index is 713. The number of benzene rings is 1. The zero-order chi connectivity index (χ0) is 21.1. The predicted molar refractivity (Wildman–Crippen MR) is 117 cm³/mol. The molecule has 0 amide bonds. The van der Waals surface area contributed by atoms with Gasteiger partial charge < -0.3 is 0 Å². The Morgan fingerprint density at radius 1 is 0.767 bits per heavy atom. The molecule has 4 rings (SSSR count). The summed E-state index contributed by atoms with van der Waals surface area (Å²) in [6.45, 7) is 2.28. The summed E-state index contributed by atoms with van der Waals surface area (Å²) in [4.78, 5) is 0. The van der Waals surface area contributed by atoms with E-state index >= 15 is 0 Å². The monoisotopic (exact) mass is 420 g/mol. The van der Waals surface area contributed by atoms with Gasteiger partial charge in [-0.2, -0.15) is 0 Å².